The van der Waals surface area contributed by atoms with Gasteiger partial charge in [-0.15, -0.1) is 0 Å². The molecule has 2 fully saturated rings. The minimum atomic E-state index is -4.65. The van der Waals surface area contributed by atoms with Gasteiger partial charge >= 0.3 is 0 Å². The van der Waals surface area contributed by atoms with E-state index in [1.807, 2.05) is 67.7 Å². The Hall–Kier alpha value is -5.48. The Kier molecular flexibility index (Phi) is 14.5. The van der Waals surface area contributed by atoms with E-state index in [4.69, 9.17) is 22.5 Å². The highest BCUT2D eigenvalue weighted by atomic mass is 32.2. The van der Waals surface area contributed by atoms with Gasteiger partial charge in [0.2, 0.25) is 0 Å². The first-order chi connectivity index (χ1) is 33.4. The normalized spacial score (nSPS) is 23.4. The highest BCUT2D eigenvalue weighted by Crippen LogP contribution is 2.45. The lowest BCUT2D eigenvalue weighted by molar-refractivity contribution is -0.0408. The molecule has 71 heavy (non-hydrogen) atoms. The standard InChI is InChI=1S/C47H60F2N10O9SSi2/c1-46(2,3)70(7,8)64-23-31-36(33(49)44(66-31)58-26-54-34-38(50-24-52-40(34)58)56-42(60)28-17-13-11-14-18-28)67-69(62,63)22-21-30-32(48)37(68-71(9,10)47(4,5)6)45(65-30)59-27-55-35-39(51-25-53-41(35)59)57-43(61)29-19-15-12-16-20-29/h11-20,24-27,30-33,36-37,44-45H,21-23H2,1-10H3,(H,50,52,56,60)(H,51,53,57,61)/t30-,31-,32-,33-,36-,37-,44-,45-/m1/s1. The van der Waals surface area contributed by atoms with Crippen LogP contribution in [0, 0.1) is 0 Å². The molecule has 0 bridgehead atoms. The fraction of sp³-hybridized carbons (Fsp3) is 0.489. The number of halogens is 2. The number of alkyl halides is 2. The third-order valence-corrected chi connectivity index (χ3v) is 24.1. The lowest BCUT2D eigenvalue weighted by Gasteiger charge is -2.39. The molecule has 2 N–H and O–H groups in total. The molecule has 6 heterocycles. The topological polar surface area (TPSA) is 226 Å². The van der Waals surface area contributed by atoms with E-state index < -0.39 is 100.0 Å². The summed E-state index contributed by atoms with van der Waals surface area (Å²) in [5.41, 5.74) is 1.42. The predicted molar refractivity (Wildman–Crippen MR) is 266 cm³/mol. The van der Waals surface area contributed by atoms with Gasteiger partial charge in [0.1, 0.15) is 31.0 Å². The van der Waals surface area contributed by atoms with Crippen LogP contribution in [0.15, 0.2) is 86.0 Å². The number of hydrogen-bond donors (Lipinski definition) is 2. The summed E-state index contributed by atoms with van der Waals surface area (Å²) < 4.78 is 96.7. The lowest BCUT2D eigenvalue weighted by atomic mass is 10.1. The molecule has 0 radical (unpaired) electrons. The molecule has 24 heteroatoms. The second kappa shape index (κ2) is 19.9. The monoisotopic (exact) mass is 1030 g/mol. The van der Waals surface area contributed by atoms with E-state index in [-0.39, 0.29) is 50.6 Å². The summed E-state index contributed by atoms with van der Waals surface area (Å²) >= 11 is 0. The van der Waals surface area contributed by atoms with Crippen molar-refractivity contribution in [2.24, 2.45) is 0 Å². The number of rotatable bonds is 16. The smallest absolute Gasteiger partial charge is 0.267 e. The summed E-state index contributed by atoms with van der Waals surface area (Å²) in [5, 5.41) is 4.87. The van der Waals surface area contributed by atoms with Crippen molar-refractivity contribution in [3.8, 4) is 0 Å². The second-order valence-corrected chi connectivity index (χ2v) is 32.1. The summed E-state index contributed by atoms with van der Waals surface area (Å²) in [6.45, 7) is 19.8. The van der Waals surface area contributed by atoms with Gasteiger partial charge in [-0.05, 0) is 67.0 Å². The molecule has 0 spiro atoms. The zero-order valence-corrected chi connectivity index (χ0v) is 44.1. The Morgan fingerprint density at radius 3 is 1.63 bits per heavy atom. The van der Waals surface area contributed by atoms with Crippen molar-refractivity contribution in [3.63, 3.8) is 0 Å². The number of fused-ring (bicyclic) bond motifs is 2. The maximum Gasteiger partial charge on any atom is 0.267 e. The fourth-order valence-corrected chi connectivity index (χ4v) is 11.2. The van der Waals surface area contributed by atoms with Gasteiger partial charge in [0, 0.05) is 11.1 Å². The molecule has 8 rings (SSSR count). The number of nitrogens with one attached hydrogen (secondary N) is 2. The number of benzene rings is 2. The first-order valence-electron chi connectivity index (χ1n) is 23.3. The van der Waals surface area contributed by atoms with Gasteiger partial charge in [0.25, 0.3) is 21.9 Å². The van der Waals surface area contributed by atoms with Crippen molar-refractivity contribution in [1.29, 1.82) is 0 Å². The molecular weight excluding hydrogens is 975 g/mol. The maximum atomic E-state index is 17.1. The number of anilines is 2. The Bertz CT molecular complexity index is 2990. The van der Waals surface area contributed by atoms with E-state index in [1.165, 1.54) is 34.4 Å². The molecule has 6 aromatic rings. The van der Waals surface area contributed by atoms with Crippen molar-refractivity contribution >= 4 is 72.5 Å². The molecule has 0 unspecified atom stereocenters. The van der Waals surface area contributed by atoms with E-state index in [1.54, 1.807) is 60.7 Å². The Labute approximate surface area is 412 Å². The van der Waals surface area contributed by atoms with Crippen molar-refractivity contribution in [1.82, 2.24) is 39.0 Å². The molecule has 19 nitrogen and oxygen atoms in total. The number of nitrogens with zero attached hydrogens (tertiary/aromatic N) is 8. The van der Waals surface area contributed by atoms with Crippen LogP contribution in [0.3, 0.4) is 0 Å². The zero-order chi connectivity index (χ0) is 51.3. The quantitative estimate of drug-likeness (QED) is 0.0689. The predicted octanol–water partition coefficient (Wildman–Crippen LogP) is 8.16. The van der Waals surface area contributed by atoms with Crippen LogP contribution in [-0.2, 0) is 32.6 Å². The average Bonchev–Trinajstić information content (AvgIpc) is 4.09. The highest BCUT2D eigenvalue weighted by molar-refractivity contribution is 7.86. The third-order valence-electron chi connectivity index (χ3n) is 13.9. The molecule has 4 aromatic heterocycles. The molecular formula is C47H60F2N10O9SSi2. The Morgan fingerprint density at radius 1 is 0.662 bits per heavy atom. The largest absolute Gasteiger partial charge is 0.414 e. The van der Waals surface area contributed by atoms with E-state index in [0.717, 1.165) is 0 Å². The minimum absolute atomic E-state index is 0.0651. The molecule has 0 saturated carbocycles. The van der Waals surface area contributed by atoms with E-state index >= 15 is 8.78 Å². The van der Waals surface area contributed by atoms with Crippen molar-refractivity contribution in [2.45, 2.75) is 133 Å². The zero-order valence-electron chi connectivity index (χ0n) is 41.2. The summed E-state index contributed by atoms with van der Waals surface area (Å²) in [5.74, 6) is -1.47. The number of ether oxygens (including phenoxy) is 2. The van der Waals surface area contributed by atoms with Gasteiger partial charge in [0.05, 0.1) is 31.1 Å². The number of carbonyl (C=O) groups excluding carboxylic acids is 2. The van der Waals surface area contributed by atoms with Gasteiger partial charge in [-0.2, -0.15) is 8.42 Å². The van der Waals surface area contributed by atoms with Crippen LogP contribution in [0.2, 0.25) is 36.3 Å². The van der Waals surface area contributed by atoms with Crippen molar-refractivity contribution in [3.05, 3.63) is 97.1 Å². The van der Waals surface area contributed by atoms with Crippen molar-refractivity contribution < 1.29 is 49.3 Å². The maximum absolute atomic E-state index is 17.1. The number of imidazole rings is 2. The summed E-state index contributed by atoms with van der Waals surface area (Å²) in [6.07, 6.45) is -7.50. The van der Waals surface area contributed by atoms with Crippen molar-refractivity contribution in [2.75, 3.05) is 23.0 Å². The Balaban J connectivity index is 1.04. The molecule has 2 saturated heterocycles. The SMILES string of the molecule is CC(C)(C)[Si](C)(C)OC[C@H]1O[C@@H](n2cnc3c(NC(=O)c4ccccc4)ncnc32)[C@H](F)[C@@H]1OS(=O)(=O)CC[C@H]1O[C@@H](n2cnc3c(NC(=O)c4ccccc4)ncnc32)[C@H](O[Si](C)(C)C(C)(C)C)[C@@H]1F. The average molecular weight is 1040 g/mol. The molecule has 2 amide bonds. The van der Waals surface area contributed by atoms with E-state index in [9.17, 15) is 18.0 Å². The van der Waals surface area contributed by atoms with Gasteiger partial charge in [0.15, 0.2) is 75.4 Å². The van der Waals surface area contributed by atoms with Gasteiger partial charge in [-0.1, -0.05) is 77.9 Å². The highest BCUT2D eigenvalue weighted by Gasteiger charge is 2.54. The van der Waals surface area contributed by atoms with Crippen LogP contribution in [-0.4, -0.2) is 125 Å². The first kappa shape index (κ1) is 51.9. The van der Waals surface area contributed by atoms with Crippen LogP contribution >= 0.6 is 0 Å². The number of aromatic nitrogens is 8. The molecule has 2 aliphatic rings. The molecule has 380 valence electrons. The number of carbonyl (C=O) groups is 2. The summed E-state index contributed by atoms with van der Waals surface area (Å²) in [7, 11) is -9.87. The van der Waals surface area contributed by atoms with Crippen LogP contribution in [0.25, 0.3) is 22.3 Å². The molecule has 0 aliphatic carbocycles. The first-order valence-corrected chi connectivity index (χ1v) is 30.6. The van der Waals surface area contributed by atoms with Gasteiger partial charge in [-0.25, -0.2) is 38.7 Å². The van der Waals surface area contributed by atoms with E-state index in [2.05, 4.69) is 40.5 Å². The fourth-order valence-electron chi connectivity index (χ4n) is 7.74. The van der Waals surface area contributed by atoms with Crippen LogP contribution in [0.4, 0.5) is 20.4 Å². The van der Waals surface area contributed by atoms with Crippen LogP contribution in [0.1, 0.15) is 81.1 Å². The minimum Gasteiger partial charge on any atom is -0.414 e. The van der Waals surface area contributed by atoms with E-state index in [0.29, 0.717) is 11.1 Å². The van der Waals surface area contributed by atoms with Crippen LogP contribution in [0.5, 0.6) is 0 Å². The molecule has 2 aromatic carbocycles. The molecule has 8 atom stereocenters. The molecule has 2 aliphatic heterocycles. The third kappa shape index (κ3) is 10.8. The lowest BCUT2D eigenvalue weighted by Crippen LogP contribution is -2.47. The second-order valence-electron chi connectivity index (χ2n) is 20.8. The number of amides is 2. The summed E-state index contributed by atoms with van der Waals surface area (Å²) in [4.78, 5) is 52.2. The number of hydrogen-bond acceptors (Lipinski definition) is 15. The Morgan fingerprint density at radius 2 is 1.14 bits per heavy atom. The van der Waals surface area contributed by atoms with Gasteiger partial charge < -0.3 is 29.0 Å². The van der Waals surface area contributed by atoms with Crippen LogP contribution < -0.4 is 10.6 Å². The summed E-state index contributed by atoms with van der Waals surface area (Å²) in [6, 6.07) is 17.0. The van der Waals surface area contributed by atoms with Gasteiger partial charge in [-0.3, -0.25) is 22.9 Å².